The van der Waals surface area contributed by atoms with Gasteiger partial charge in [0, 0.05) is 46.9 Å². The highest BCUT2D eigenvalue weighted by Gasteiger charge is 2.26. The van der Waals surface area contributed by atoms with E-state index in [0.717, 1.165) is 34.9 Å². The standard InChI is InChI=1S/C25H28ClN5O3/c1-5-23(32)31-17-6-7-27-13-19(17)30-22-9-16-11-28-18(8-15(16)12-29-22)24-14(2)20(33-3)10-21(34-4)25(24)26/h5,8-12,17,19,27H,1,6-7,13H2,2-4H3,(H,29,30)(H,31,32)/t17-,19+/m0/s1. The van der Waals surface area contributed by atoms with Crippen LogP contribution >= 0.6 is 11.6 Å². The van der Waals surface area contributed by atoms with E-state index in [1.54, 1.807) is 32.7 Å². The van der Waals surface area contributed by atoms with Crippen LogP contribution in [0.15, 0.2) is 43.2 Å². The number of nitrogens with zero attached hydrogens (tertiary/aromatic N) is 2. The average Bonchev–Trinajstić information content (AvgIpc) is 2.85. The molecule has 1 aromatic carbocycles. The fourth-order valence-corrected chi connectivity index (χ4v) is 4.60. The minimum absolute atomic E-state index is 0.000497. The molecule has 3 aromatic rings. The number of carbonyl (C=O) groups excluding carboxylic acids is 1. The molecule has 1 amide bonds. The van der Waals surface area contributed by atoms with Gasteiger partial charge < -0.3 is 25.4 Å². The summed E-state index contributed by atoms with van der Waals surface area (Å²) in [6.07, 6.45) is 5.72. The predicted octanol–water partition coefficient (Wildman–Crippen LogP) is 3.72. The maximum atomic E-state index is 11.8. The first-order valence-corrected chi connectivity index (χ1v) is 11.4. The number of carbonyl (C=O) groups is 1. The minimum Gasteiger partial charge on any atom is -0.496 e. The zero-order chi connectivity index (χ0) is 24.2. The molecule has 9 heteroatoms. The number of benzene rings is 1. The van der Waals surface area contributed by atoms with Crippen LogP contribution in [0.1, 0.15) is 12.0 Å². The molecule has 0 aliphatic carbocycles. The smallest absolute Gasteiger partial charge is 0.243 e. The van der Waals surface area contributed by atoms with Crippen LogP contribution in [0.5, 0.6) is 11.5 Å². The van der Waals surface area contributed by atoms with Crippen molar-refractivity contribution in [2.75, 3.05) is 32.6 Å². The molecule has 2 atom stereocenters. The summed E-state index contributed by atoms with van der Waals surface area (Å²) in [7, 11) is 3.18. The highest BCUT2D eigenvalue weighted by Crippen LogP contribution is 2.42. The molecule has 3 heterocycles. The van der Waals surface area contributed by atoms with E-state index >= 15 is 0 Å². The monoisotopic (exact) mass is 481 g/mol. The molecule has 0 spiro atoms. The van der Waals surface area contributed by atoms with Gasteiger partial charge in [-0.3, -0.25) is 9.78 Å². The van der Waals surface area contributed by atoms with E-state index in [1.165, 1.54) is 6.08 Å². The Balaban J connectivity index is 1.63. The molecule has 3 N–H and O–H groups in total. The van der Waals surface area contributed by atoms with E-state index in [1.807, 2.05) is 19.1 Å². The summed E-state index contributed by atoms with van der Waals surface area (Å²) < 4.78 is 10.9. The molecule has 34 heavy (non-hydrogen) atoms. The molecule has 0 bridgehead atoms. The van der Waals surface area contributed by atoms with Crippen molar-refractivity contribution in [1.29, 1.82) is 0 Å². The van der Waals surface area contributed by atoms with Gasteiger partial charge >= 0.3 is 0 Å². The molecule has 0 saturated carbocycles. The van der Waals surface area contributed by atoms with Gasteiger partial charge in [-0.15, -0.1) is 0 Å². The molecule has 4 rings (SSSR count). The molecular weight excluding hydrogens is 454 g/mol. The molecule has 1 aliphatic rings. The summed E-state index contributed by atoms with van der Waals surface area (Å²) in [5.74, 6) is 1.74. The number of amides is 1. The van der Waals surface area contributed by atoms with Crippen molar-refractivity contribution in [2.45, 2.75) is 25.4 Å². The van der Waals surface area contributed by atoms with E-state index in [2.05, 4.69) is 32.5 Å². The number of halogens is 1. The van der Waals surface area contributed by atoms with Gasteiger partial charge in [-0.1, -0.05) is 18.2 Å². The minimum atomic E-state index is -0.176. The Morgan fingerprint density at radius 2 is 1.88 bits per heavy atom. The maximum absolute atomic E-state index is 11.8. The fraction of sp³-hybridized carbons (Fsp3) is 0.320. The van der Waals surface area contributed by atoms with E-state index in [9.17, 15) is 4.79 Å². The Morgan fingerprint density at radius 1 is 1.15 bits per heavy atom. The lowest BCUT2D eigenvalue weighted by atomic mass is 10.0. The molecule has 1 saturated heterocycles. The topological polar surface area (TPSA) is 97.4 Å². The Labute approximate surface area is 203 Å². The predicted molar refractivity (Wildman–Crippen MR) is 135 cm³/mol. The summed E-state index contributed by atoms with van der Waals surface area (Å²) in [5.41, 5.74) is 2.35. The van der Waals surface area contributed by atoms with Crippen molar-refractivity contribution in [1.82, 2.24) is 20.6 Å². The second kappa shape index (κ2) is 10.3. The number of hydrogen-bond donors (Lipinski definition) is 3. The highest BCUT2D eigenvalue weighted by atomic mass is 35.5. The summed E-state index contributed by atoms with van der Waals surface area (Å²) in [5, 5.41) is 12.1. The number of piperidine rings is 1. The Kier molecular flexibility index (Phi) is 7.19. The maximum Gasteiger partial charge on any atom is 0.243 e. The van der Waals surface area contributed by atoms with Gasteiger partial charge in [-0.2, -0.15) is 0 Å². The van der Waals surface area contributed by atoms with Crippen molar-refractivity contribution < 1.29 is 14.3 Å². The first-order chi connectivity index (χ1) is 16.4. The van der Waals surface area contributed by atoms with Crippen LogP contribution in [0, 0.1) is 6.92 Å². The fourth-order valence-electron chi connectivity index (χ4n) is 4.23. The van der Waals surface area contributed by atoms with E-state index in [4.69, 9.17) is 21.1 Å². The van der Waals surface area contributed by atoms with Crippen molar-refractivity contribution in [3.8, 4) is 22.8 Å². The number of rotatable bonds is 7. The van der Waals surface area contributed by atoms with E-state index in [-0.39, 0.29) is 18.0 Å². The molecule has 1 fully saturated rings. The van der Waals surface area contributed by atoms with Crippen molar-refractivity contribution in [2.24, 2.45) is 0 Å². The lowest BCUT2D eigenvalue weighted by Gasteiger charge is -2.33. The largest absolute Gasteiger partial charge is 0.496 e. The van der Waals surface area contributed by atoms with Crippen molar-refractivity contribution in [3.05, 3.63) is 53.8 Å². The van der Waals surface area contributed by atoms with Crippen LogP contribution in [0.4, 0.5) is 5.82 Å². The van der Waals surface area contributed by atoms with Crippen molar-refractivity contribution in [3.63, 3.8) is 0 Å². The summed E-state index contributed by atoms with van der Waals surface area (Å²) in [4.78, 5) is 21.1. The third-order valence-corrected chi connectivity index (χ3v) is 6.45. The molecular formula is C25H28ClN5O3. The number of aromatic nitrogens is 2. The molecule has 178 valence electrons. The average molecular weight is 482 g/mol. The second-order valence-corrected chi connectivity index (χ2v) is 8.52. The zero-order valence-corrected chi connectivity index (χ0v) is 20.2. The van der Waals surface area contributed by atoms with E-state index in [0.29, 0.717) is 34.6 Å². The third-order valence-electron chi connectivity index (χ3n) is 6.07. The van der Waals surface area contributed by atoms with Crippen LogP contribution in [-0.2, 0) is 4.79 Å². The number of hydrogen-bond acceptors (Lipinski definition) is 7. The van der Waals surface area contributed by atoms with Gasteiger partial charge in [0.15, 0.2) is 0 Å². The van der Waals surface area contributed by atoms with Crippen LogP contribution in [0.25, 0.3) is 22.0 Å². The SMILES string of the molecule is C=CC(=O)N[C@H]1CCNC[C@H]1Nc1cc2cnc(-c3c(C)c(OC)cc(OC)c3Cl)cc2cn1. The second-order valence-electron chi connectivity index (χ2n) is 8.14. The van der Waals surface area contributed by atoms with Gasteiger partial charge in [-0.25, -0.2) is 4.98 Å². The van der Waals surface area contributed by atoms with Crippen LogP contribution in [0.3, 0.4) is 0 Å². The lowest BCUT2D eigenvalue weighted by molar-refractivity contribution is -0.117. The number of anilines is 1. The normalized spacial score (nSPS) is 17.8. The van der Waals surface area contributed by atoms with Crippen LogP contribution in [0.2, 0.25) is 5.02 Å². The summed E-state index contributed by atoms with van der Waals surface area (Å²) in [6.45, 7) is 7.04. The zero-order valence-electron chi connectivity index (χ0n) is 19.4. The van der Waals surface area contributed by atoms with Crippen LogP contribution < -0.4 is 25.4 Å². The van der Waals surface area contributed by atoms with Gasteiger partial charge in [0.1, 0.15) is 17.3 Å². The van der Waals surface area contributed by atoms with E-state index < -0.39 is 0 Å². The Bertz CT molecular complexity index is 1200. The summed E-state index contributed by atoms with van der Waals surface area (Å²) in [6, 6.07) is 5.66. The molecule has 0 unspecified atom stereocenters. The van der Waals surface area contributed by atoms with Gasteiger partial charge in [0.2, 0.25) is 5.91 Å². The number of ether oxygens (including phenoxy) is 2. The Hall–Kier alpha value is -3.36. The molecule has 0 radical (unpaired) electrons. The number of fused-ring (bicyclic) bond motifs is 1. The first kappa shape index (κ1) is 23.8. The van der Waals surface area contributed by atoms with Gasteiger partial charge in [0.05, 0.1) is 37.0 Å². The quantitative estimate of drug-likeness (QED) is 0.442. The molecule has 1 aliphatic heterocycles. The lowest BCUT2D eigenvalue weighted by Crippen LogP contribution is -2.55. The molecule has 2 aromatic heterocycles. The number of methoxy groups -OCH3 is 2. The third kappa shape index (κ3) is 4.78. The molecule has 8 nitrogen and oxygen atoms in total. The van der Waals surface area contributed by atoms with Crippen LogP contribution in [-0.4, -0.2) is 55.3 Å². The van der Waals surface area contributed by atoms with Gasteiger partial charge in [-0.05, 0) is 38.1 Å². The number of nitrogens with one attached hydrogen (secondary N) is 3. The highest BCUT2D eigenvalue weighted by molar-refractivity contribution is 6.35. The number of pyridine rings is 2. The Morgan fingerprint density at radius 3 is 2.62 bits per heavy atom. The van der Waals surface area contributed by atoms with Gasteiger partial charge in [0.25, 0.3) is 0 Å². The van der Waals surface area contributed by atoms with Crippen molar-refractivity contribution >= 4 is 34.1 Å². The first-order valence-electron chi connectivity index (χ1n) is 11.0. The summed E-state index contributed by atoms with van der Waals surface area (Å²) >= 11 is 6.63.